The zero-order valence-electron chi connectivity index (χ0n) is 9.37. The van der Waals surface area contributed by atoms with Crippen LogP contribution in [-0.4, -0.2) is 5.78 Å². The number of thiophene rings is 1. The molecule has 84 valence electrons. The maximum Gasteiger partial charge on any atom is 0.178 e. The molecular weight excluding hydrogens is 286 g/mol. The molecule has 0 aromatic carbocycles. The highest BCUT2D eigenvalue weighted by Gasteiger charge is 2.24. The van der Waals surface area contributed by atoms with Gasteiger partial charge in [-0.15, -0.1) is 11.3 Å². The molecular formula is C12H12BrNOS. The molecule has 0 aliphatic carbocycles. The zero-order chi connectivity index (χ0) is 12.3. The van der Waals surface area contributed by atoms with Gasteiger partial charge in [0.25, 0.3) is 0 Å². The third-order valence-corrected chi connectivity index (χ3v) is 3.56. The van der Waals surface area contributed by atoms with Crippen molar-refractivity contribution < 1.29 is 4.79 Å². The highest BCUT2D eigenvalue weighted by Crippen LogP contribution is 2.25. The van der Waals surface area contributed by atoms with Crippen molar-refractivity contribution >= 4 is 39.1 Å². The van der Waals surface area contributed by atoms with E-state index in [1.807, 2.05) is 38.3 Å². The monoisotopic (exact) mass is 297 g/mol. The standard InChI is InChI=1S/C12H12BrNOS/c1-12(2,3)11(15)8(6-14)4-10-5-9(13)7-16-10/h4-5,7H,1-3H3. The smallest absolute Gasteiger partial charge is 0.178 e. The lowest BCUT2D eigenvalue weighted by Gasteiger charge is -2.15. The van der Waals surface area contributed by atoms with E-state index >= 15 is 0 Å². The Kier molecular flexibility index (Phi) is 4.06. The second kappa shape index (κ2) is 4.94. The van der Waals surface area contributed by atoms with Gasteiger partial charge in [0.1, 0.15) is 6.07 Å². The predicted molar refractivity (Wildman–Crippen MR) is 70.1 cm³/mol. The fourth-order valence-electron chi connectivity index (χ4n) is 1.10. The summed E-state index contributed by atoms with van der Waals surface area (Å²) in [5, 5.41) is 10.9. The van der Waals surface area contributed by atoms with Gasteiger partial charge in [-0.05, 0) is 28.1 Å². The minimum Gasteiger partial charge on any atom is -0.293 e. The van der Waals surface area contributed by atoms with Gasteiger partial charge in [0, 0.05) is 20.1 Å². The molecule has 0 unspecified atom stereocenters. The van der Waals surface area contributed by atoms with Crippen LogP contribution in [0.25, 0.3) is 6.08 Å². The van der Waals surface area contributed by atoms with Crippen molar-refractivity contribution in [2.24, 2.45) is 5.41 Å². The molecule has 2 nitrogen and oxygen atoms in total. The lowest BCUT2D eigenvalue weighted by molar-refractivity contribution is -0.121. The Morgan fingerprint density at radius 3 is 2.56 bits per heavy atom. The SMILES string of the molecule is CC(C)(C)C(=O)C(C#N)=Cc1cc(Br)cs1. The topological polar surface area (TPSA) is 40.9 Å². The largest absolute Gasteiger partial charge is 0.293 e. The van der Waals surface area contributed by atoms with Gasteiger partial charge in [-0.25, -0.2) is 0 Å². The van der Waals surface area contributed by atoms with Crippen molar-refractivity contribution in [2.75, 3.05) is 0 Å². The summed E-state index contributed by atoms with van der Waals surface area (Å²) in [5.74, 6) is -0.125. The maximum atomic E-state index is 11.9. The number of nitrogens with zero attached hydrogens (tertiary/aromatic N) is 1. The summed E-state index contributed by atoms with van der Waals surface area (Å²) < 4.78 is 0.962. The Morgan fingerprint density at radius 2 is 2.19 bits per heavy atom. The minimum absolute atomic E-state index is 0.125. The van der Waals surface area contributed by atoms with Crippen LogP contribution < -0.4 is 0 Å². The summed E-state index contributed by atoms with van der Waals surface area (Å²) >= 11 is 4.83. The molecule has 16 heavy (non-hydrogen) atoms. The molecule has 1 rings (SSSR count). The van der Waals surface area contributed by atoms with Crippen LogP contribution in [0, 0.1) is 16.7 Å². The number of hydrogen-bond acceptors (Lipinski definition) is 3. The summed E-state index contributed by atoms with van der Waals surface area (Å²) in [6.07, 6.45) is 1.64. The van der Waals surface area contributed by atoms with Crippen LogP contribution in [0.15, 0.2) is 21.5 Å². The molecule has 1 aromatic heterocycles. The Labute approximate surface area is 108 Å². The number of allylic oxidation sites excluding steroid dienone is 1. The molecule has 0 aliphatic heterocycles. The molecule has 0 fully saturated rings. The first-order valence-corrected chi connectivity index (χ1v) is 6.42. The summed E-state index contributed by atoms with van der Waals surface area (Å²) in [7, 11) is 0. The van der Waals surface area contributed by atoms with Gasteiger partial charge in [-0.2, -0.15) is 5.26 Å². The van der Waals surface area contributed by atoms with Crippen LogP contribution >= 0.6 is 27.3 Å². The molecule has 1 heterocycles. The van der Waals surface area contributed by atoms with E-state index in [4.69, 9.17) is 5.26 Å². The van der Waals surface area contributed by atoms with E-state index in [0.29, 0.717) is 0 Å². The first kappa shape index (κ1) is 13.1. The number of halogens is 1. The lowest BCUT2D eigenvalue weighted by Crippen LogP contribution is -2.21. The first-order valence-electron chi connectivity index (χ1n) is 4.75. The van der Waals surface area contributed by atoms with E-state index < -0.39 is 5.41 Å². The van der Waals surface area contributed by atoms with E-state index in [2.05, 4.69) is 15.9 Å². The molecule has 4 heteroatoms. The molecule has 0 bridgehead atoms. The van der Waals surface area contributed by atoms with E-state index in [1.165, 1.54) is 11.3 Å². The van der Waals surface area contributed by atoms with Gasteiger partial charge in [-0.1, -0.05) is 20.8 Å². The number of carbonyl (C=O) groups is 1. The van der Waals surface area contributed by atoms with E-state index in [0.717, 1.165) is 9.35 Å². The van der Waals surface area contributed by atoms with Gasteiger partial charge in [-0.3, -0.25) is 4.79 Å². The highest BCUT2D eigenvalue weighted by molar-refractivity contribution is 9.10. The molecule has 0 radical (unpaired) electrons. The van der Waals surface area contributed by atoms with Gasteiger partial charge in [0.15, 0.2) is 5.78 Å². The van der Waals surface area contributed by atoms with E-state index in [1.54, 1.807) is 6.08 Å². The molecule has 0 saturated heterocycles. The number of nitriles is 1. The quantitative estimate of drug-likeness (QED) is 0.611. The Balaban J connectivity index is 3.05. The lowest BCUT2D eigenvalue weighted by atomic mass is 9.86. The molecule has 0 spiro atoms. The normalized spacial score (nSPS) is 12.3. The number of hydrogen-bond donors (Lipinski definition) is 0. The second-order valence-corrected chi connectivity index (χ2v) is 6.27. The van der Waals surface area contributed by atoms with Crippen molar-refractivity contribution in [3.8, 4) is 6.07 Å². The number of Topliss-reactive ketones (excluding diaryl/α,β-unsaturated/α-hetero) is 1. The highest BCUT2D eigenvalue weighted by atomic mass is 79.9. The first-order chi connectivity index (χ1) is 7.34. The Bertz CT molecular complexity index is 474. The average Bonchev–Trinajstić information content (AvgIpc) is 2.58. The van der Waals surface area contributed by atoms with Crippen LogP contribution in [0.4, 0.5) is 0 Å². The van der Waals surface area contributed by atoms with Crippen molar-refractivity contribution in [1.82, 2.24) is 0 Å². The fourth-order valence-corrected chi connectivity index (χ4v) is 2.47. The second-order valence-electron chi connectivity index (χ2n) is 4.42. The molecule has 0 atom stereocenters. The van der Waals surface area contributed by atoms with Gasteiger partial charge in [0.05, 0.1) is 5.57 Å². The van der Waals surface area contributed by atoms with Crippen molar-refractivity contribution in [3.05, 3.63) is 26.4 Å². The van der Waals surface area contributed by atoms with Gasteiger partial charge >= 0.3 is 0 Å². The minimum atomic E-state index is -0.518. The van der Waals surface area contributed by atoms with Crippen molar-refractivity contribution in [3.63, 3.8) is 0 Å². The molecule has 0 saturated carbocycles. The van der Waals surface area contributed by atoms with E-state index in [9.17, 15) is 4.79 Å². The number of carbonyl (C=O) groups excluding carboxylic acids is 1. The van der Waals surface area contributed by atoms with Crippen LogP contribution in [0.3, 0.4) is 0 Å². The van der Waals surface area contributed by atoms with Gasteiger partial charge in [0.2, 0.25) is 0 Å². The summed E-state index contributed by atoms with van der Waals surface area (Å²) in [6, 6.07) is 3.86. The Hall–Kier alpha value is -0.920. The molecule has 0 aliphatic rings. The Morgan fingerprint density at radius 1 is 1.56 bits per heavy atom. The number of ketones is 1. The molecule has 1 aromatic rings. The number of rotatable bonds is 2. The third kappa shape index (κ3) is 3.29. The zero-order valence-corrected chi connectivity index (χ0v) is 11.8. The van der Waals surface area contributed by atoms with Crippen LogP contribution in [-0.2, 0) is 4.79 Å². The van der Waals surface area contributed by atoms with Crippen molar-refractivity contribution in [2.45, 2.75) is 20.8 Å². The molecule has 0 amide bonds. The summed E-state index contributed by atoms with van der Waals surface area (Å²) in [5.41, 5.74) is -0.308. The van der Waals surface area contributed by atoms with Crippen LogP contribution in [0.5, 0.6) is 0 Å². The summed E-state index contributed by atoms with van der Waals surface area (Å²) in [4.78, 5) is 12.8. The van der Waals surface area contributed by atoms with Crippen LogP contribution in [0.2, 0.25) is 0 Å². The van der Waals surface area contributed by atoms with Crippen LogP contribution in [0.1, 0.15) is 25.6 Å². The maximum absolute atomic E-state index is 11.9. The molecule has 0 N–H and O–H groups in total. The van der Waals surface area contributed by atoms with Gasteiger partial charge < -0.3 is 0 Å². The van der Waals surface area contributed by atoms with Crippen molar-refractivity contribution in [1.29, 1.82) is 5.26 Å². The fraction of sp³-hybridized carbons (Fsp3) is 0.333. The summed E-state index contributed by atoms with van der Waals surface area (Å²) in [6.45, 7) is 5.43. The average molecular weight is 298 g/mol. The van der Waals surface area contributed by atoms with E-state index in [-0.39, 0.29) is 11.4 Å². The third-order valence-electron chi connectivity index (χ3n) is 1.92. The predicted octanol–water partition coefficient (Wildman–Crippen LogP) is 4.03.